The molecule has 3 aromatic carbocycles. The molecule has 0 saturated carbocycles. The normalized spacial score (nSPS) is 11.7. The lowest BCUT2D eigenvalue weighted by atomic mass is 10.1. The fraction of sp³-hybridized carbons (Fsp3) is 0.0400. The van der Waals surface area contributed by atoms with Gasteiger partial charge in [0.15, 0.2) is 0 Å². The summed E-state index contributed by atoms with van der Waals surface area (Å²) in [6.07, 6.45) is 0. The highest BCUT2D eigenvalue weighted by Crippen LogP contribution is 2.29. The number of aromatic nitrogens is 1. The SMILES string of the molecule is COc1ccc(-c2csc(N=c3cc(-c4ccccc4)oc4ccc(O)cc34)n2)cc1. The van der Waals surface area contributed by atoms with E-state index in [1.165, 1.54) is 11.3 Å². The summed E-state index contributed by atoms with van der Waals surface area (Å²) in [7, 11) is 1.65. The van der Waals surface area contributed by atoms with Crippen LogP contribution in [0.5, 0.6) is 11.5 Å². The molecule has 0 atom stereocenters. The van der Waals surface area contributed by atoms with Gasteiger partial charge in [0.2, 0.25) is 5.13 Å². The van der Waals surface area contributed by atoms with Crippen LogP contribution in [-0.4, -0.2) is 17.2 Å². The Bertz CT molecular complexity index is 1420. The summed E-state index contributed by atoms with van der Waals surface area (Å²) < 4.78 is 11.3. The first-order valence-electron chi connectivity index (χ1n) is 9.66. The van der Waals surface area contributed by atoms with E-state index in [0.29, 0.717) is 21.8 Å². The van der Waals surface area contributed by atoms with Gasteiger partial charge in [-0.1, -0.05) is 30.3 Å². The van der Waals surface area contributed by atoms with Crippen molar-refractivity contribution in [3.8, 4) is 34.1 Å². The molecule has 5 nitrogen and oxygen atoms in total. The van der Waals surface area contributed by atoms with Crippen molar-refractivity contribution in [2.45, 2.75) is 0 Å². The van der Waals surface area contributed by atoms with Crippen molar-refractivity contribution in [3.63, 3.8) is 0 Å². The quantitative estimate of drug-likeness (QED) is 0.373. The number of methoxy groups -OCH3 is 1. The maximum atomic E-state index is 10.00. The van der Waals surface area contributed by atoms with Crippen molar-refractivity contribution in [1.82, 2.24) is 4.98 Å². The van der Waals surface area contributed by atoms with Crippen molar-refractivity contribution in [1.29, 1.82) is 0 Å². The maximum absolute atomic E-state index is 10.00. The van der Waals surface area contributed by atoms with Crippen LogP contribution in [0.25, 0.3) is 33.6 Å². The van der Waals surface area contributed by atoms with Gasteiger partial charge in [0.05, 0.1) is 18.2 Å². The van der Waals surface area contributed by atoms with E-state index in [2.05, 4.69) is 4.98 Å². The van der Waals surface area contributed by atoms with Gasteiger partial charge in [0.1, 0.15) is 22.8 Å². The van der Waals surface area contributed by atoms with Crippen LogP contribution < -0.4 is 10.1 Å². The Morgan fingerprint density at radius 3 is 2.52 bits per heavy atom. The average Bonchev–Trinajstić information content (AvgIpc) is 3.28. The molecular weight excluding hydrogens is 408 g/mol. The van der Waals surface area contributed by atoms with E-state index < -0.39 is 0 Å². The maximum Gasteiger partial charge on any atom is 0.210 e. The first-order chi connectivity index (χ1) is 15.2. The van der Waals surface area contributed by atoms with Crippen molar-refractivity contribution >= 4 is 27.4 Å². The molecule has 0 radical (unpaired) electrons. The van der Waals surface area contributed by atoms with Gasteiger partial charge in [0, 0.05) is 28.0 Å². The van der Waals surface area contributed by atoms with Crippen LogP contribution in [0, 0.1) is 0 Å². The summed E-state index contributed by atoms with van der Waals surface area (Å²) in [6.45, 7) is 0. The molecule has 2 heterocycles. The molecule has 0 aliphatic heterocycles. The minimum Gasteiger partial charge on any atom is -0.508 e. The van der Waals surface area contributed by atoms with Crippen LogP contribution in [0.1, 0.15) is 0 Å². The molecule has 0 amide bonds. The van der Waals surface area contributed by atoms with E-state index in [1.54, 1.807) is 25.3 Å². The smallest absolute Gasteiger partial charge is 0.210 e. The molecule has 2 aromatic heterocycles. The van der Waals surface area contributed by atoms with E-state index in [4.69, 9.17) is 14.1 Å². The minimum atomic E-state index is 0.157. The number of benzene rings is 3. The number of phenols is 1. The summed E-state index contributed by atoms with van der Waals surface area (Å²) in [4.78, 5) is 9.47. The standard InChI is InChI=1S/C25H18N2O3S/c1-29-19-10-7-16(8-11-19)22-15-31-25(27-22)26-21-14-24(17-5-3-2-4-6-17)30-23-12-9-18(28)13-20(21)23/h2-15,28H,1H3. The van der Waals surface area contributed by atoms with Gasteiger partial charge in [-0.25, -0.2) is 9.98 Å². The average molecular weight is 426 g/mol. The first kappa shape index (κ1) is 19.1. The molecule has 0 fully saturated rings. The van der Waals surface area contributed by atoms with E-state index in [9.17, 15) is 5.11 Å². The molecule has 0 spiro atoms. The number of ether oxygens (including phenoxy) is 1. The molecule has 6 heteroatoms. The summed E-state index contributed by atoms with van der Waals surface area (Å²) in [5, 5.41) is 14.0. The number of phenolic OH excluding ortho intramolecular Hbond substituents is 1. The molecule has 0 bridgehead atoms. The van der Waals surface area contributed by atoms with Crippen molar-refractivity contribution in [2.75, 3.05) is 7.11 Å². The van der Waals surface area contributed by atoms with Crippen LogP contribution in [-0.2, 0) is 0 Å². The van der Waals surface area contributed by atoms with Crippen molar-refractivity contribution in [3.05, 3.63) is 89.6 Å². The lowest BCUT2D eigenvalue weighted by Gasteiger charge is -2.05. The topological polar surface area (TPSA) is 67.9 Å². The second kappa shape index (κ2) is 8.08. The number of rotatable bonds is 4. The monoisotopic (exact) mass is 426 g/mol. The zero-order chi connectivity index (χ0) is 21.2. The number of hydrogen-bond acceptors (Lipinski definition) is 6. The lowest BCUT2D eigenvalue weighted by Crippen LogP contribution is -2.03. The van der Waals surface area contributed by atoms with E-state index >= 15 is 0 Å². The van der Waals surface area contributed by atoms with Gasteiger partial charge in [-0.15, -0.1) is 11.3 Å². The number of fused-ring (bicyclic) bond motifs is 1. The Kier molecular flexibility index (Phi) is 4.98. The third-order valence-corrected chi connectivity index (χ3v) is 5.61. The molecule has 0 aliphatic carbocycles. The third kappa shape index (κ3) is 3.93. The Morgan fingerprint density at radius 2 is 1.74 bits per heavy atom. The molecule has 152 valence electrons. The van der Waals surface area contributed by atoms with E-state index in [1.807, 2.05) is 66.0 Å². The van der Waals surface area contributed by atoms with Gasteiger partial charge < -0.3 is 14.3 Å². The van der Waals surface area contributed by atoms with Crippen molar-refractivity contribution < 1.29 is 14.3 Å². The Hall–Kier alpha value is -3.90. The predicted molar refractivity (Wildman–Crippen MR) is 123 cm³/mol. The van der Waals surface area contributed by atoms with Crippen LogP contribution >= 0.6 is 11.3 Å². The highest BCUT2D eigenvalue weighted by molar-refractivity contribution is 7.13. The van der Waals surface area contributed by atoms with Gasteiger partial charge >= 0.3 is 0 Å². The largest absolute Gasteiger partial charge is 0.508 e. The minimum absolute atomic E-state index is 0.157. The van der Waals surface area contributed by atoms with Crippen LogP contribution in [0.3, 0.4) is 0 Å². The van der Waals surface area contributed by atoms with Gasteiger partial charge in [0.25, 0.3) is 0 Å². The first-order valence-corrected chi connectivity index (χ1v) is 10.5. The number of thiazole rings is 1. The fourth-order valence-electron chi connectivity index (χ4n) is 3.31. The highest BCUT2D eigenvalue weighted by Gasteiger charge is 2.09. The zero-order valence-corrected chi connectivity index (χ0v) is 17.5. The molecule has 5 aromatic rings. The Labute approximate surface area is 182 Å². The molecule has 1 N–H and O–H groups in total. The number of aromatic hydroxyl groups is 1. The van der Waals surface area contributed by atoms with Gasteiger partial charge in [-0.05, 0) is 42.5 Å². The molecular formula is C25H18N2O3S. The van der Waals surface area contributed by atoms with Crippen LogP contribution in [0.15, 0.2) is 93.7 Å². The molecule has 0 unspecified atom stereocenters. The Morgan fingerprint density at radius 1 is 0.935 bits per heavy atom. The summed E-state index contributed by atoms with van der Waals surface area (Å²) in [5.41, 5.74) is 3.44. The second-order valence-corrected chi connectivity index (χ2v) is 7.73. The lowest BCUT2D eigenvalue weighted by molar-refractivity contribution is 0.415. The molecule has 5 rings (SSSR count). The highest BCUT2D eigenvalue weighted by atomic mass is 32.1. The van der Waals surface area contributed by atoms with E-state index in [0.717, 1.165) is 28.0 Å². The summed E-state index contributed by atoms with van der Waals surface area (Å²) in [5.74, 6) is 1.66. The third-order valence-electron chi connectivity index (χ3n) is 4.88. The Balaban J connectivity index is 1.63. The zero-order valence-electron chi connectivity index (χ0n) is 16.6. The predicted octanol–water partition coefficient (Wildman–Crippen LogP) is 6.17. The molecule has 0 saturated heterocycles. The van der Waals surface area contributed by atoms with Crippen LogP contribution in [0.2, 0.25) is 0 Å². The van der Waals surface area contributed by atoms with Gasteiger partial charge in [-0.3, -0.25) is 0 Å². The summed E-state index contributed by atoms with van der Waals surface area (Å²) in [6, 6.07) is 24.5. The number of hydrogen-bond donors (Lipinski definition) is 1. The molecule has 0 aliphatic rings. The second-order valence-electron chi connectivity index (χ2n) is 6.90. The van der Waals surface area contributed by atoms with E-state index in [-0.39, 0.29) is 5.75 Å². The van der Waals surface area contributed by atoms with Gasteiger partial charge in [-0.2, -0.15) is 0 Å². The number of nitrogens with zero attached hydrogens (tertiary/aromatic N) is 2. The summed E-state index contributed by atoms with van der Waals surface area (Å²) >= 11 is 1.46. The van der Waals surface area contributed by atoms with Crippen molar-refractivity contribution in [2.24, 2.45) is 4.99 Å². The molecule has 31 heavy (non-hydrogen) atoms. The fourth-order valence-corrected chi connectivity index (χ4v) is 4.02. The van der Waals surface area contributed by atoms with Crippen LogP contribution in [0.4, 0.5) is 5.13 Å².